The number of aryl methyl sites for hydroxylation is 1. The van der Waals surface area contributed by atoms with Gasteiger partial charge in [-0.15, -0.1) is 0 Å². The van der Waals surface area contributed by atoms with Crippen molar-refractivity contribution >= 4 is 26.8 Å². The first-order chi connectivity index (χ1) is 9.65. The molecule has 2 nitrogen and oxygen atoms in total. The molecule has 2 aromatic carbocycles. The van der Waals surface area contributed by atoms with Crippen molar-refractivity contribution in [2.45, 2.75) is 13.0 Å². The lowest BCUT2D eigenvalue weighted by molar-refractivity contribution is 0.860. The fourth-order valence-corrected chi connectivity index (χ4v) is 3.06. The van der Waals surface area contributed by atoms with Gasteiger partial charge in [0.15, 0.2) is 0 Å². The molecule has 0 aliphatic rings. The van der Waals surface area contributed by atoms with Gasteiger partial charge in [0, 0.05) is 16.1 Å². The predicted molar refractivity (Wildman–Crippen MR) is 86.7 cm³/mol. The number of nitrogens with two attached hydrogens (primary N) is 1. The first-order valence-electron chi connectivity index (χ1n) is 6.51. The Balaban J connectivity index is 2.05. The highest BCUT2D eigenvalue weighted by Gasteiger charge is 2.13. The zero-order valence-electron chi connectivity index (χ0n) is 11.2. The van der Waals surface area contributed by atoms with Gasteiger partial charge < -0.3 is 5.73 Å². The monoisotopic (exact) mass is 326 g/mol. The quantitative estimate of drug-likeness (QED) is 0.760. The van der Waals surface area contributed by atoms with Crippen LogP contribution in [0.4, 0.5) is 0 Å². The largest absolute Gasteiger partial charge is 0.320 e. The molecule has 0 aliphatic carbocycles. The fraction of sp³-hybridized carbons (Fsp3) is 0.118. The number of pyridine rings is 1. The van der Waals surface area contributed by atoms with E-state index in [2.05, 4.69) is 58.2 Å². The third kappa shape index (κ3) is 2.47. The van der Waals surface area contributed by atoms with Gasteiger partial charge in [-0.1, -0.05) is 46.3 Å². The van der Waals surface area contributed by atoms with Crippen LogP contribution in [-0.4, -0.2) is 4.98 Å². The van der Waals surface area contributed by atoms with E-state index >= 15 is 0 Å². The average Bonchev–Trinajstić information content (AvgIpc) is 2.46. The maximum Gasteiger partial charge on any atom is 0.0702 e. The molecule has 1 atom stereocenters. The molecule has 0 saturated carbocycles. The summed E-state index contributed by atoms with van der Waals surface area (Å²) >= 11 is 3.59. The Morgan fingerprint density at radius 1 is 1.10 bits per heavy atom. The minimum atomic E-state index is -0.179. The van der Waals surface area contributed by atoms with Gasteiger partial charge >= 0.3 is 0 Å². The lowest BCUT2D eigenvalue weighted by Crippen LogP contribution is -2.13. The molecule has 0 radical (unpaired) electrons. The van der Waals surface area contributed by atoms with Crippen molar-refractivity contribution in [2.75, 3.05) is 0 Å². The first-order valence-corrected chi connectivity index (χ1v) is 7.31. The molecule has 3 heteroatoms. The Hall–Kier alpha value is -1.71. The third-order valence-electron chi connectivity index (χ3n) is 3.46. The number of para-hydroxylation sites is 1. The molecule has 0 saturated heterocycles. The van der Waals surface area contributed by atoms with Gasteiger partial charge in [0.1, 0.15) is 0 Å². The van der Waals surface area contributed by atoms with E-state index in [0.29, 0.717) is 0 Å². The molecule has 100 valence electrons. The van der Waals surface area contributed by atoms with Crippen molar-refractivity contribution in [1.82, 2.24) is 4.98 Å². The Labute approximate surface area is 126 Å². The first kappa shape index (κ1) is 13.3. The normalized spacial score (nSPS) is 12.6. The lowest BCUT2D eigenvalue weighted by atomic mass is 9.99. The van der Waals surface area contributed by atoms with Gasteiger partial charge in [-0.05, 0) is 41.8 Å². The van der Waals surface area contributed by atoms with Crippen molar-refractivity contribution in [2.24, 2.45) is 5.73 Å². The molecule has 3 rings (SSSR count). The summed E-state index contributed by atoms with van der Waals surface area (Å²) in [4.78, 5) is 4.48. The predicted octanol–water partition coefficient (Wildman–Crippen LogP) is 4.35. The van der Waals surface area contributed by atoms with E-state index in [-0.39, 0.29) is 6.04 Å². The molecule has 1 aromatic heterocycles. The van der Waals surface area contributed by atoms with E-state index < -0.39 is 0 Å². The highest BCUT2D eigenvalue weighted by atomic mass is 79.9. The topological polar surface area (TPSA) is 38.9 Å². The van der Waals surface area contributed by atoms with Crippen molar-refractivity contribution < 1.29 is 0 Å². The second-order valence-electron chi connectivity index (χ2n) is 4.96. The van der Waals surface area contributed by atoms with Crippen LogP contribution in [0, 0.1) is 6.92 Å². The van der Waals surface area contributed by atoms with Crippen LogP contribution in [0.5, 0.6) is 0 Å². The van der Waals surface area contributed by atoms with E-state index in [1.165, 1.54) is 5.56 Å². The third-order valence-corrected chi connectivity index (χ3v) is 4.15. The minimum Gasteiger partial charge on any atom is -0.320 e. The van der Waals surface area contributed by atoms with Crippen molar-refractivity contribution in [3.05, 3.63) is 75.9 Å². The Morgan fingerprint density at radius 2 is 1.90 bits per heavy atom. The second kappa shape index (κ2) is 5.35. The minimum absolute atomic E-state index is 0.179. The fourth-order valence-electron chi connectivity index (χ4n) is 2.32. The summed E-state index contributed by atoms with van der Waals surface area (Å²) in [6.07, 6.45) is 1.86. The number of nitrogens with zero attached hydrogens (tertiary/aromatic N) is 1. The standard InChI is InChI=1S/C17H15BrN2/c1-11-6-7-14(15(18)8-11)17(19)13-9-12-4-2-3-5-16(12)20-10-13/h2-10,17H,19H2,1H3. The summed E-state index contributed by atoms with van der Waals surface area (Å²) in [5.74, 6) is 0. The van der Waals surface area contributed by atoms with E-state index in [1.54, 1.807) is 0 Å². The average molecular weight is 327 g/mol. The molecule has 20 heavy (non-hydrogen) atoms. The number of rotatable bonds is 2. The van der Waals surface area contributed by atoms with Crippen molar-refractivity contribution in [3.8, 4) is 0 Å². The number of aromatic nitrogens is 1. The van der Waals surface area contributed by atoms with Gasteiger partial charge in [-0.3, -0.25) is 4.98 Å². The Bertz CT molecular complexity index is 768. The molecular weight excluding hydrogens is 312 g/mol. The zero-order valence-corrected chi connectivity index (χ0v) is 12.8. The SMILES string of the molecule is Cc1ccc(C(N)c2cnc3ccccc3c2)c(Br)c1. The van der Waals surface area contributed by atoms with Crippen LogP contribution < -0.4 is 5.73 Å². The van der Waals surface area contributed by atoms with Crippen LogP contribution in [0.2, 0.25) is 0 Å². The number of halogens is 1. The van der Waals surface area contributed by atoms with Crippen LogP contribution in [-0.2, 0) is 0 Å². The molecular formula is C17H15BrN2. The molecule has 0 fully saturated rings. The molecule has 0 amide bonds. The summed E-state index contributed by atoms with van der Waals surface area (Å²) < 4.78 is 1.04. The van der Waals surface area contributed by atoms with Crippen LogP contribution in [0.25, 0.3) is 10.9 Å². The molecule has 1 unspecified atom stereocenters. The molecule has 3 aromatic rings. The number of hydrogen-bond donors (Lipinski definition) is 1. The van der Waals surface area contributed by atoms with Crippen LogP contribution in [0.15, 0.2) is 59.2 Å². The van der Waals surface area contributed by atoms with Gasteiger partial charge in [-0.2, -0.15) is 0 Å². The maximum atomic E-state index is 6.39. The Kier molecular flexibility index (Phi) is 3.55. The van der Waals surface area contributed by atoms with E-state index in [4.69, 9.17) is 5.73 Å². The van der Waals surface area contributed by atoms with Gasteiger partial charge in [0.2, 0.25) is 0 Å². The van der Waals surface area contributed by atoms with Gasteiger partial charge in [0.05, 0.1) is 11.6 Å². The summed E-state index contributed by atoms with van der Waals surface area (Å²) in [7, 11) is 0. The van der Waals surface area contributed by atoms with Crippen molar-refractivity contribution in [3.63, 3.8) is 0 Å². The summed E-state index contributed by atoms with van der Waals surface area (Å²) in [6.45, 7) is 2.07. The Morgan fingerprint density at radius 3 is 2.70 bits per heavy atom. The van der Waals surface area contributed by atoms with Crippen LogP contribution >= 0.6 is 15.9 Å². The molecule has 0 bridgehead atoms. The van der Waals surface area contributed by atoms with Crippen LogP contribution in [0.1, 0.15) is 22.7 Å². The van der Waals surface area contributed by atoms with Crippen LogP contribution in [0.3, 0.4) is 0 Å². The van der Waals surface area contributed by atoms with Gasteiger partial charge in [0.25, 0.3) is 0 Å². The summed E-state index contributed by atoms with van der Waals surface area (Å²) in [5.41, 5.74) is 10.7. The molecule has 0 aliphatic heterocycles. The highest BCUT2D eigenvalue weighted by Crippen LogP contribution is 2.28. The van der Waals surface area contributed by atoms with E-state index in [1.807, 2.05) is 24.4 Å². The molecule has 1 heterocycles. The van der Waals surface area contributed by atoms with E-state index in [9.17, 15) is 0 Å². The van der Waals surface area contributed by atoms with Crippen molar-refractivity contribution in [1.29, 1.82) is 0 Å². The zero-order chi connectivity index (χ0) is 14.1. The second-order valence-corrected chi connectivity index (χ2v) is 5.82. The molecule has 2 N–H and O–H groups in total. The van der Waals surface area contributed by atoms with Gasteiger partial charge in [-0.25, -0.2) is 0 Å². The number of benzene rings is 2. The summed E-state index contributed by atoms with van der Waals surface area (Å²) in [6, 6.07) is 16.2. The highest BCUT2D eigenvalue weighted by molar-refractivity contribution is 9.10. The maximum absolute atomic E-state index is 6.39. The lowest BCUT2D eigenvalue weighted by Gasteiger charge is -2.15. The number of fused-ring (bicyclic) bond motifs is 1. The number of hydrogen-bond acceptors (Lipinski definition) is 2. The van der Waals surface area contributed by atoms with E-state index in [0.717, 1.165) is 26.5 Å². The smallest absolute Gasteiger partial charge is 0.0702 e. The molecule has 0 spiro atoms. The summed E-state index contributed by atoms with van der Waals surface area (Å²) in [5, 5.41) is 1.11.